The Labute approximate surface area is 97.7 Å². The Hall–Kier alpha value is -1.05. The van der Waals surface area contributed by atoms with E-state index in [-0.39, 0.29) is 5.41 Å². The molecule has 88 valence electrons. The van der Waals surface area contributed by atoms with E-state index in [0.29, 0.717) is 18.2 Å². The summed E-state index contributed by atoms with van der Waals surface area (Å²) >= 11 is 0. The summed E-state index contributed by atoms with van der Waals surface area (Å²) in [5.74, 6) is 0.313. The summed E-state index contributed by atoms with van der Waals surface area (Å²) in [6, 6.07) is 2.49. The lowest BCUT2D eigenvalue weighted by Crippen LogP contribution is -2.28. The monoisotopic (exact) mass is 219 g/mol. The second-order valence-electron chi connectivity index (χ2n) is 5.78. The number of rotatable bonds is 2. The molecule has 2 nitrogen and oxygen atoms in total. The average molecular weight is 219 g/mol. The van der Waals surface area contributed by atoms with Crippen molar-refractivity contribution in [3.05, 3.63) is 23.5 Å². The summed E-state index contributed by atoms with van der Waals surface area (Å²) in [4.78, 5) is 12.0. The molecule has 1 heterocycles. The van der Waals surface area contributed by atoms with E-state index in [0.717, 1.165) is 18.4 Å². The van der Waals surface area contributed by atoms with Gasteiger partial charge in [0.15, 0.2) is 5.78 Å². The first-order valence-electron chi connectivity index (χ1n) is 6.17. The highest BCUT2D eigenvalue weighted by Crippen LogP contribution is 2.36. The van der Waals surface area contributed by atoms with Gasteiger partial charge < -0.3 is 4.57 Å². The summed E-state index contributed by atoms with van der Waals surface area (Å²) in [7, 11) is 0. The fourth-order valence-electron chi connectivity index (χ4n) is 2.58. The smallest absolute Gasteiger partial charge is 0.165 e. The van der Waals surface area contributed by atoms with Crippen molar-refractivity contribution in [1.29, 1.82) is 0 Å². The molecule has 0 spiro atoms. The highest BCUT2D eigenvalue weighted by Gasteiger charge is 2.33. The van der Waals surface area contributed by atoms with Crippen molar-refractivity contribution < 1.29 is 4.79 Å². The minimum Gasteiger partial charge on any atom is -0.348 e. The molecule has 1 aromatic heterocycles. The lowest BCUT2D eigenvalue weighted by Gasteiger charge is -2.30. The van der Waals surface area contributed by atoms with E-state index in [9.17, 15) is 4.79 Å². The summed E-state index contributed by atoms with van der Waals surface area (Å²) in [6.45, 7) is 8.77. The van der Waals surface area contributed by atoms with E-state index in [1.54, 1.807) is 0 Å². The summed E-state index contributed by atoms with van der Waals surface area (Å²) in [5, 5.41) is 0. The molecular weight excluding hydrogens is 198 g/mol. The SMILES string of the molecule is CCC(C)n1ccc2c1CC(C)(C)CC2=O. The van der Waals surface area contributed by atoms with Crippen LogP contribution in [0, 0.1) is 5.41 Å². The average Bonchev–Trinajstić information content (AvgIpc) is 2.58. The van der Waals surface area contributed by atoms with Crippen molar-refractivity contribution in [1.82, 2.24) is 4.57 Å². The number of carbonyl (C=O) groups is 1. The second kappa shape index (κ2) is 3.76. The highest BCUT2D eigenvalue weighted by atomic mass is 16.1. The zero-order valence-electron chi connectivity index (χ0n) is 10.7. The predicted octanol–water partition coefficient (Wildman–Crippen LogP) is 3.61. The van der Waals surface area contributed by atoms with Crippen LogP contribution in [0.4, 0.5) is 0 Å². The van der Waals surface area contributed by atoms with Crippen LogP contribution < -0.4 is 0 Å². The van der Waals surface area contributed by atoms with Gasteiger partial charge in [-0.25, -0.2) is 0 Å². The fraction of sp³-hybridized carbons (Fsp3) is 0.643. The van der Waals surface area contributed by atoms with E-state index in [2.05, 4.69) is 38.5 Å². The van der Waals surface area contributed by atoms with Crippen LogP contribution >= 0.6 is 0 Å². The Morgan fingerprint density at radius 2 is 2.12 bits per heavy atom. The Balaban J connectivity index is 2.45. The molecule has 0 saturated heterocycles. The van der Waals surface area contributed by atoms with E-state index < -0.39 is 0 Å². The molecule has 0 aromatic carbocycles. The van der Waals surface area contributed by atoms with Gasteiger partial charge in [0, 0.05) is 29.9 Å². The maximum Gasteiger partial charge on any atom is 0.165 e. The Bertz CT molecular complexity index is 414. The molecule has 0 amide bonds. The van der Waals surface area contributed by atoms with Gasteiger partial charge in [-0.3, -0.25) is 4.79 Å². The fourth-order valence-corrected chi connectivity index (χ4v) is 2.58. The number of ketones is 1. The molecule has 0 N–H and O–H groups in total. The van der Waals surface area contributed by atoms with Crippen molar-refractivity contribution in [2.24, 2.45) is 5.41 Å². The van der Waals surface area contributed by atoms with Gasteiger partial charge in [-0.15, -0.1) is 0 Å². The molecule has 1 aliphatic rings. The molecule has 2 heteroatoms. The number of hydrogen-bond acceptors (Lipinski definition) is 1. The maximum atomic E-state index is 12.0. The van der Waals surface area contributed by atoms with Crippen molar-refractivity contribution >= 4 is 5.78 Å². The number of hydrogen-bond donors (Lipinski definition) is 0. The molecule has 0 radical (unpaired) electrons. The normalized spacial score (nSPS) is 20.6. The van der Waals surface area contributed by atoms with Gasteiger partial charge in [-0.2, -0.15) is 0 Å². The number of aromatic nitrogens is 1. The predicted molar refractivity (Wildman–Crippen MR) is 65.9 cm³/mol. The van der Waals surface area contributed by atoms with Crippen LogP contribution in [0.3, 0.4) is 0 Å². The van der Waals surface area contributed by atoms with Crippen LogP contribution in [0.15, 0.2) is 12.3 Å². The Morgan fingerprint density at radius 1 is 1.44 bits per heavy atom. The largest absolute Gasteiger partial charge is 0.348 e. The van der Waals surface area contributed by atoms with Gasteiger partial charge in [-0.1, -0.05) is 20.8 Å². The third-order valence-corrected chi connectivity index (χ3v) is 3.68. The van der Waals surface area contributed by atoms with Gasteiger partial charge in [0.2, 0.25) is 0 Å². The summed E-state index contributed by atoms with van der Waals surface area (Å²) in [6.07, 6.45) is 4.89. The summed E-state index contributed by atoms with van der Waals surface area (Å²) in [5.41, 5.74) is 2.32. The van der Waals surface area contributed by atoms with Crippen molar-refractivity contribution in [2.45, 2.75) is 53.0 Å². The number of carbonyl (C=O) groups excluding carboxylic acids is 1. The summed E-state index contributed by atoms with van der Waals surface area (Å²) < 4.78 is 2.29. The first kappa shape index (κ1) is 11.4. The van der Waals surface area contributed by atoms with Crippen LogP contribution in [0.1, 0.15) is 62.6 Å². The number of nitrogens with zero attached hydrogens (tertiary/aromatic N) is 1. The van der Waals surface area contributed by atoms with Gasteiger partial charge in [0.1, 0.15) is 0 Å². The Kier molecular flexibility index (Phi) is 2.69. The molecule has 0 saturated carbocycles. The number of Topliss-reactive ketones (excluding diaryl/α,β-unsaturated/α-hetero) is 1. The van der Waals surface area contributed by atoms with Crippen molar-refractivity contribution in [3.63, 3.8) is 0 Å². The zero-order chi connectivity index (χ0) is 11.9. The van der Waals surface area contributed by atoms with Gasteiger partial charge in [0.05, 0.1) is 0 Å². The molecular formula is C14H21NO. The molecule has 1 unspecified atom stereocenters. The van der Waals surface area contributed by atoms with Gasteiger partial charge in [-0.05, 0) is 31.2 Å². The molecule has 0 aliphatic heterocycles. The maximum absolute atomic E-state index is 12.0. The standard InChI is InChI=1S/C14H21NO/c1-5-10(2)15-7-6-11-12(15)8-14(3,4)9-13(11)16/h6-7,10H,5,8-9H2,1-4H3. The molecule has 16 heavy (non-hydrogen) atoms. The minimum absolute atomic E-state index is 0.119. The second-order valence-corrected chi connectivity index (χ2v) is 5.78. The van der Waals surface area contributed by atoms with E-state index >= 15 is 0 Å². The van der Waals surface area contributed by atoms with Crippen molar-refractivity contribution in [2.75, 3.05) is 0 Å². The van der Waals surface area contributed by atoms with Gasteiger partial charge >= 0.3 is 0 Å². The quantitative estimate of drug-likeness (QED) is 0.744. The van der Waals surface area contributed by atoms with Gasteiger partial charge in [0.25, 0.3) is 0 Å². The van der Waals surface area contributed by atoms with E-state index in [4.69, 9.17) is 0 Å². The Morgan fingerprint density at radius 3 is 2.75 bits per heavy atom. The first-order chi connectivity index (χ1) is 7.44. The third kappa shape index (κ3) is 1.81. The number of fused-ring (bicyclic) bond motifs is 1. The molecule has 2 rings (SSSR count). The van der Waals surface area contributed by atoms with E-state index in [1.807, 2.05) is 6.07 Å². The lowest BCUT2D eigenvalue weighted by molar-refractivity contribution is 0.0909. The zero-order valence-corrected chi connectivity index (χ0v) is 10.7. The molecule has 1 atom stereocenters. The third-order valence-electron chi connectivity index (χ3n) is 3.68. The minimum atomic E-state index is 0.119. The van der Waals surface area contributed by atoms with Crippen LogP contribution in [-0.2, 0) is 6.42 Å². The van der Waals surface area contributed by atoms with Crippen LogP contribution in [0.25, 0.3) is 0 Å². The molecule has 1 aromatic rings. The highest BCUT2D eigenvalue weighted by molar-refractivity contribution is 5.98. The van der Waals surface area contributed by atoms with Crippen LogP contribution in [-0.4, -0.2) is 10.4 Å². The molecule has 0 bridgehead atoms. The van der Waals surface area contributed by atoms with Crippen molar-refractivity contribution in [3.8, 4) is 0 Å². The molecule has 0 fully saturated rings. The molecule has 1 aliphatic carbocycles. The van der Waals surface area contributed by atoms with Crippen LogP contribution in [0.2, 0.25) is 0 Å². The topological polar surface area (TPSA) is 22.0 Å². The lowest BCUT2D eigenvalue weighted by atomic mass is 9.76. The first-order valence-corrected chi connectivity index (χ1v) is 6.17. The van der Waals surface area contributed by atoms with E-state index in [1.165, 1.54) is 5.69 Å². The van der Waals surface area contributed by atoms with Crippen LogP contribution in [0.5, 0.6) is 0 Å².